The zero-order valence-corrected chi connectivity index (χ0v) is 9.23. The third-order valence-electron chi connectivity index (χ3n) is 2.16. The molecule has 0 radical (unpaired) electrons. The zero-order valence-electron chi connectivity index (χ0n) is 9.23. The lowest BCUT2D eigenvalue weighted by molar-refractivity contribution is -0.122. The number of nitrogens with two attached hydrogens (primary N) is 1. The summed E-state index contributed by atoms with van der Waals surface area (Å²) in [6, 6.07) is 5.21. The standard InChI is InChI=1S/C12H17N3O/c1-2-5-11(13)12(16)15-9-7-10-6-3-4-8-14-10/h2-4,6,8,11H,1,5,7,9,13H2,(H,15,16). The van der Waals surface area contributed by atoms with E-state index in [1.165, 1.54) is 0 Å². The fourth-order valence-corrected chi connectivity index (χ4v) is 1.28. The number of amides is 1. The first-order valence-corrected chi connectivity index (χ1v) is 5.28. The molecule has 86 valence electrons. The molecule has 0 aromatic carbocycles. The van der Waals surface area contributed by atoms with Gasteiger partial charge in [-0.3, -0.25) is 9.78 Å². The maximum Gasteiger partial charge on any atom is 0.237 e. The molecule has 0 saturated heterocycles. The van der Waals surface area contributed by atoms with Crippen molar-refractivity contribution in [3.05, 3.63) is 42.7 Å². The molecule has 4 nitrogen and oxygen atoms in total. The second-order valence-electron chi connectivity index (χ2n) is 3.49. The lowest BCUT2D eigenvalue weighted by Crippen LogP contribution is -2.41. The molecule has 3 N–H and O–H groups in total. The predicted octanol–water partition coefficient (Wildman–Crippen LogP) is 0.644. The summed E-state index contributed by atoms with van der Waals surface area (Å²) in [5.41, 5.74) is 6.57. The van der Waals surface area contributed by atoms with Crippen molar-refractivity contribution in [3.63, 3.8) is 0 Å². The maximum atomic E-state index is 11.4. The number of carbonyl (C=O) groups excluding carboxylic acids is 1. The number of hydrogen-bond donors (Lipinski definition) is 2. The van der Waals surface area contributed by atoms with E-state index in [1.807, 2.05) is 18.2 Å². The van der Waals surface area contributed by atoms with Crippen molar-refractivity contribution < 1.29 is 4.79 Å². The molecule has 4 heteroatoms. The fourth-order valence-electron chi connectivity index (χ4n) is 1.28. The van der Waals surface area contributed by atoms with Gasteiger partial charge in [0.15, 0.2) is 0 Å². The van der Waals surface area contributed by atoms with Crippen LogP contribution >= 0.6 is 0 Å². The van der Waals surface area contributed by atoms with Crippen LogP contribution in [-0.2, 0) is 11.2 Å². The Kier molecular flexibility index (Phi) is 5.22. The molecule has 1 aromatic heterocycles. The first kappa shape index (κ1) is 12.4. The van der Waals surface area contributed by atoms with E-state index in [0.29, 0.717) is 19.4 Å². The monoisotopic (exact) mass is 219 g/mol. The van der Waals surface area contributed by atoms with Gasteiger partial charge in [-0.25, -0.2) is 0 Å². The molecular formula is C12H17N3O. The topological polar surface area (TPSA) is 68.0 Å². The van der Waals surface area contributed by atoms with Crippen LogP contribution in [-0.4, -0.2) is 23.5 Å². The number of hydrogen-bond acceptors (Lipinski definition) is 3. The Morgan fingerprint density at radius 3 is 3.06 bits per heavy atom. The number of carbonyl (C=O) groups is 1. The minimum Gasteiger partial charge on any atom is -0.354 e. The van der Waals surface area contributed by atoms with Crippen molar-refractivity contribution in [3.8, 4) is 0 Å². The molecule has 16 heavy (non-hydrogen) atoms. The average molecular weight is 219 g/mol. The van der Waals surface area contributed by atoms with Crippen molar-refractivity contribution in [2.24, 2.45) is 5.73 Å². The highest BCUT2D eigenvalue weighted by Gasteiger charge is 2.10. The Morgan fingerprint density at radius 2 is 2.44 bits per heavy atom. The van der Waals surface area contributed by atoms with Gasteiger partial charge in [-0.15, -0.1) is 6.58 Å². The normalized spacial score (nSPS) is 11.8. The van der Waals surface area contributed by atoms with Crippen LogP contribution in [0.15, 0.2) is 37.1 Å². The Balaban J connectivity index is 2.25. The van der Waals surface area contributed by atoms with E-state index in [4.69, 9.17) is 5.73 Å². The Morgan fingerprint density at radius 1 is 1.62 bits per heavy atom. The molecule has 1 unspecified atom stereocenters. The van der Waals surface area contributed by atoms with E-state index in [-0.39, 0.29) is 5.91 Å². The highest BCUT2D eigenvalue weighted by molar-refractivity contribution is 5.81. The van der Waals surface area contributed by atoms with Crippen LogP contribution < -0.4 is 11.1 Å². The Bertz CT molecular complexity index is 337. The second-order valence-corrected chi connectivity index (χ2v) is 3.49. The van der Waals surface area contributed by atoms with Gasteiger partial charge in [0, 0.05) is 24.9 Å². The lowest BCUT2D eigenvalue weighted by atomic mass is 10.2. The first-order chi connectivity index (χ1) is 7.74. The van der Waals surface area contributed by atoms with Gasteiger partial charge >= 0.3 is 0 Å². The van der Waals surface area contributed by atoms with Crippen LogP contribution in [0.2, 0.25) is 0 Å². The van der Waals surface area contributed by atoms with Crippen molar-refractivity contribution in [1.82, 2.24) is 10.3 Å². The first-order valence-electron chi connectivity index (χ1n) is 5.28. The molecule has 0 fully saturated rings. The van der Waals surface area contributed by atoms with Crippen LogP contribution in [0, 0.1) is 0 Å². The number of pyridine rings is 1. The number of aromatic nitrogens is 1. The summed E-state index contributed by atoms with van der Waals surface area (Å²) in [6.07, 6.45) is 4.59. The number of rotatable bonds is 6. The van der Waals surface area contributed by atoms with Crippen LogP contribution in [0.4, 0.5) is 0 Å². The maximum absolute atomic E-state index is 11.4. The zero-order chi connectivity index (χ0) is 11.8. The van der Waals surface area contributed by atoms with Crippen molar-refractivity contribution >= 4 is 5.91 Å². The van der Waals surface area contributed by atoms with E-state index < -0.39 is 6.04 Å². The minimum absolute atomic E-state index is 0.143. The van der Waals surface area contributed by atoms with E-state index in [1.54, 1.807) is 12.3 Å². The van der Waals surface area contributed by atoms with Crippen molar-refractivity contribution in [2.45, 2.75) is 18.9 Å². The van der Waals surface area contributed by atoms with Crippen LogP contribution in [0.1, 0.15) is 12.1 Å². The van der Waals surface area contributed by atoms with E-state index in [2.05, 4.69) is 16.9 Å². The van der Waals surface area contributed by atoms with Gasteiger partial charge < -0.3 is 11.1 Å². The lowest BCUT2D eigenvalue weighted by Gasteiger charge is -2.09. The Labute approximate surface area is 95.6 Å². The van der Waals surface area contributed by atoms with Crippen molar-refractivity contribution in [2.75, 3.05) is 6.54 Å². The fraction of sp³-hybridized carbons (Fsp3) is 0.333. The quantitative estimate of drug-likeness (QED) is 0.690. The SMILES string of the molecule is C=CCC(N)C(=O)NCCc1ccccn1. The van der Waals surface area contributed by atoms with Gasteiger partial charge in [-0.2, -0.15) is 0 Å². The van der Waals surface area contributed by atoms with Crippen LogP contribution in [0.3, 0.4) is 0 Å². The van der Waals surface area contributed by atoms with Gasteiger partial charge in [-0.05, 0) is 18.6 Å². The van der Waals surface area contributed by atoms with E-state index in [0.717, 1.165) is 5.69 Å². The molecule has 1 amide bonds. The summed E-state index contributed by atoms with van der Waals surface area (Å²) in [5, 5.41) is 2.76. The van der Waals surface area contributed by atoms with Gasteiger partial charge in [0.25, 0.3) is 0 Å². The molecular weight excluding hydrogens is 202 g/mol. The summed E-state index contributed by atoms with van der Waals surface area (Å²) >= 11 is 0. The molecule has 0 aliphatic heterocycles. The van der Waals surface area contributed by atoms with Crippen LogP contribution in [0.25, 0.3) is 0 Å². The van der Waals surface area contributed by atoms with Crippen molar-refractivity contribution in [1.29, 1.82) is 0 Å². The molecule has 0 bridgehead atoms. The Hall–Kier alpha value is -1.68. The largest absolute Gasteiger partial charge is 0.354 e. The minimum atomic E-state index is -0.499. The molecule has 0 aliphatic rings. The summed E-state index contributed by atoms with van der Waals surface area (Å²) in [5.74, 6) is -0.143. The molecule has 0 spiro atoms. The van der Waals surface area contributed by atoms with Crippen LogP contribution in [0.5, 0.6) is 0 Å². The molecule has 0 aliphatic carbocycles. The van der Waals surface area contributed by atoms with E-state index in [9.17, 15) is 4.79 Å². The highest BCUT2D eigenvalue weighted by Crippen LogP contribution is 1.94. The van der Waals surface area contributed by atoms with Gasteiger partial charge in [-0.1, -0.05) is 12.1 Å². The summed E-state index contributed by atoms with van der Waals surface area (Å²) in [6.45, 7) is 4.10. The smallest absolute Gasteiger partial charge is 0.237 e. The van der Waals surface area contributed by atoms with Gasteiger partial charge in [0.1, 0.15) is 0 Å². The predicted molar refractivity (Wildman–Crippen MR) is 63.7 cm³/mol. The molecule has 1 rings (SSSR count). The second kappa shape index (κ2) is 6.74. The van der Waals surface area contributed by atoms with Gasteiger partial charge in [0.05, 0.1) is 6.04 Å². The number of nitrogens with one attached hydrogen (secondary N) is 1. The molecule has 0 saturated carbocycles. The third-order valence-corrected chi connectivity index (χ3v) is 2.16. The number of nitrogens with zero attached hydrogens (tertiary/aromatic N) is 1. The van der Waals surface area contributed by atoms with Gasteiger partial charge in [0.2, 0.25) is 5.91 Å². The highest BCUT2D eigenvalue weighted by atomic mass is 16.2. The third kappa shape index (κ3) is 4.23. The molecule has 1 heterocycles. The summed E-state index contributed by atoms with van der Waals surface area (Å²) in [4.78, 5) is 15.6. The van der Waals surface area contributed by atoms with E-state index >= 15 is 0 Å². The molecule has 1 aromatic rings. The summed E-state index contributed by atoms with van der Waals surface area (Å²) in [7, 11) is 0. The molecule has 1 atom stereocenters. The summed E-state index contributed by atoms with van der Waals surface area (Å²) < 4.78 is 0. The average Bonchev–Trinajstić information content (AvgIpc) is 2.30.